The van der Waals surface area contributed by atoms with E-state index in [-0.39, 0.29) is 5.56 Å². The fourth-order valence-corrected chi connectivity index (χ4v) is 2.12. The zero-order valence-electron chi connectivity index (χ0n) is 9.77. The van der Waals surface area contributed by atoms with Crippen LogP contribution in [0.15, 0.2) is 16.7 Å². The van der Waals surface area contributed by atoms with Crippen LogP contribution in [0.3, 0.4) is 0 Å². The number of nitrogens with zero attached hydrogens (tertiary/aromatic N) is 2. The van der Waals surface area contributed by atoms with Crippen LogP contribution in [0.25, 0.3) is 0 Å². The van der Waals surface area contributed by atoms with Crippen LogP contribution < -0.4 is 4.90 Å². The molecule has 1 aliphatic rings. The Hall–Kier alpha value is -1.54. The molecule has 0 unspecified atom stereocenters. The highest BCUT2D eigenvalue weighted by Gasteiger charge is 2.26. The molecular weight excluding hydrogens is 296 g/mol. The lowest BCUT2D eigenvalue weighted by Gasteiger charge is -2.22. The number of carbonyl (C=O) groups is 1. The van der Waals surface area contributed by atoms with Crippen LogP contribution in [0.4, 0.5) is 5.82 Å². The van der Waals surface area contributed by atoms with E-state index in [0.29, 0.717) is 22.8 Å². The molecule has 2 rings (SSSR count). The van der Waals surface area contributed by atoms with E-state index in [1.165, 1.54) is 12.8 Å². The van der Waals surface area contributed by atoms with Gasteiger partial charge in [0, 0.05) is 17.2 Å². The van der Waals surface area contributed by atoms with Crippen molar-refractivity contribution in [3.05, 3.63) is 22.3 Å². The number of hydrogen-bond acceptors (Lipinski definition) is 3. The number of carboxylic acids is 1. The molecular formula is C13H13BrN2O2. The van der Waals surface area contributed by atoms with Crippen molar-refractivity contribution in [3.8, 4) is 12.3 Å². The second-order valence-corrected chi connectivity index (χ2v) is 5.27. The lowest BCUT2D eigenvalue weighted by atomic mass is 10.2. The SMILES string of the molecule is C#CCN(CC1CC1)c1ncc(Br)cc1C(=O)O. The summed E-state index contributed by atoms with van der Waals surface area (Å²) < 4.78 is 0.649. The first-order valence-corrected chi connectivity index (χ1v) is 6.48. The zero-order chi connectivity index (χ0) is 13.1. The van der Waals surface area contributed by atoms with Crippen LogP contribution in [-0.4, -0.2) is 29.1 Å². The first-order valence-electron chi connectivity index (χ1n) is 5.69. The number of hydrogen-bond donors (Lipinski definition) is 1. The van der Waals surface area contributed by atoms with Crippen LogP contribution in [0.2, 0.25) is 0 Å². The summed E-state index contributed by atoms with van der Waals surface area (Å²) in [5.41, 5.74) is 0.181. The highest BCUT2D eigenvalue weighted by molar-refractivity contribution is 9.10. The molecule has 0 atom stereocenters. The maximum atomic E-state index is 11.2. The summed E-state index contributed by atoms with van der Waals surface area (Å²) >= 11 is 3.23. The van der Waals surface area contributed by atoms with Gasteiger partial charge in [-0.1, -0.05) is 5.92 Å². The van der Waals surface area contributed by atoms with Crippen molar-refractivity contribution in [3.63, 3.8) is 0 Å². The van der Waals surface area contributed by atoms with Gasteiger partial charge < -0.3 is 10.0 Å². The zero-order valence-corrected chi connectivity index (χ0v) is 11.4. The summed E-state index contributed by atoms with van der Waals surface area (Å²) in [5, 5.41) is 9.22. The van der Waals surface area contributed by atoms with Crippen molar-refractivity contribution in [2.24, 2.45) is 5.92 Å². The summed E-state index contributed by atoms with van der Waals surface area (Å²) in [6.07, 6.45) is 9.30. The maximum Gasteiger partial charge on any atom is 0.339 e. The number of rotatable bonds is 5. The number of halogens is 1. The van der Waals surface area contributed by atoms with Gasteiger partial charge in [0.25, 0.3) is 0 Å². The van der Waals surface area contributed by atoms with Crippen molar-refractivity contribution >= 4 is 27.7 Å². The van der Waals surface area contributed by atoms with E-state index < -0.39 is 5.97 Å². The quantitative estimate of drug-likeness (QED) is 0.849. The molecule has 0 radical (unpaired) electrons. The molecule has 1 aliphatic carbocycles. The second kappa shape index (κ2) is 5.40. The third-order valence-corrected chi connectivity index (χ3v) is 3.25. The van der Waals surface area contributed by atoms with E-state index in [4.69, 9.17) is 6.42 Å². The lowest BCUT2D eigenvalue weighted by molar-refractivity contribution is 0.0697. The summed E-state index contributed by atoms with van der Waals surface area (Å²) in [7, 11) is 0. The van der Waals surface area contributed by atoms with Gasteiger partial charge >= 0.3 is 5.97 Å². The molecule has 18 heavy (non-hydrogen) atoms. The summed E-state index contributed by atoms with van der Waals surface area (Å²) in [6.45, 7) is 1.16. The fraction of sp³-hybridized carbons (Fsp3) is 0.385. The molecule has 0 saturated heterocycles. The van der Waals surface area contributed by atoms with Gasteiger partial charge in [0.15, 0.2) is 0 Å². The Kier molecular flexibility index (Phi) is 3.87. The minimum absolute atomic E-state index is 0.181. The standard InChI is InChI=1S/C13H13BrN2O2/c1-2-5-16(8-9-3-4-9)12-11(13(17)18)6-10(14)7-15-12/h1,6-7,9H,3-5,8H2,(H,17,18). The van der Waals surface area contributed by atoms with Crippen molar-refractivity contribution in [1.82, 2.24) is 4.98 Å². The van der Waals surface area contributed by atoms with Crippen LogP contribution in [0, 0.1) is 18.3 Å². The van der Waals surface area contributed by atoms with E-state index in [2.05, 4.69) is 26.8 Å². The summed E-state index contributed by atoms with van der Waals surface area (Å²) in [6, 6.07) is 1.56. The van der Waals surface area contributed by atoms with Gasteiger partial charge in [-0.2, -0.15) is 0 Å². The van der Waals surface area contributed by atoms with Crippen LogP contribution in [0.1, 0.15) is 23.2 Å². The van der Waals surface area contributed by atoms with Crippen LogP contribution in [-0.2, 0) is 0 Å². The van der Waals surface area contributed by atoms with Crippen molar-refractivity contribution in [1.29, 1.82) is 0 Å². The van der Waals surface area contributed by atoms with E-state index >= 15 is 0 Å². The molecule has 4 nitrogen and oxygen atoms in total. The van der Waals surface area contributed by atoms with Gasteiger partial charge in [-0.3, -0.25) is 0 Å². The molecule has 1 aromatic rings. The van der Waals surface area contributed by atoms with Crippen molar-refractivity contribution < 1.29 is 9.90 Å². The first-order chi connectivity index (χ1) is 8.61. The molecule has 1 N–H and O–H groups in total. The molecule has 5 heteroatoms. The van der Waals surface area contributed by atoms with Gasteiger partial charge in [0.2, 0.25) is 0 Å². The molecule has 1 fully saturated rings. The topological polar surface area (TPSA) is 53.4 Å². The Bertz CT molecular complexity index is 506. The normalized spacial score (nSPS) is 14.0. The number of aromatic carboxylic acids is 1. The summed E-state index contributed by atoms with van der Waals surface area (Å²) in [5.74, 6) is 2.64. The second-order valence-electron chi connectivity index (χ2n) is 4.36. The molecule has 0 aromatic carbocycles. The third-order valence-electron chi connectivity index (χ3n) is 2.82. The highest BCUT2D eigenvalue weighted by Crippen LogP contribution is 2.32. The van der Waals surface area contributed by atoms with Gasteiger partial charge in [0.1, 0.15) is 11.4 Å². The predicted octanol–water partition coefficient (Wildman–Crippen LogP) is 2.39. The number of pyridine rings is 1. The molecule has 1 saturated carbocycles. The van der Waals surface area contributed by atoms with Crippen LogP contribution in [0.5, 0.6) is 0 Å². The lowest BCUT2D eigenvalue weighted by Crippen LogP contribution is -2.28. The van der Waals surface area contributed by atoms with E-state index in [9.17, 15) is 9.90 Å². The minimum atomic E-state index is -0.989. The fourth-order valence-electron chi connectivity index (χ4n) is 1.79. The molecule has 0 amide bonds. The van der Waals surface area contributed by atoms with E-state index in [1.807, 2.05) is 4.90 Å². The third kappa shape index (κ3) is 3.02. The Morgan fingerprint density at radius 2 is 2.39 bits per heavy atom. The van der Waals surface area contributed by atoms with Gasteiger partial charge in [0.05, 0.1) is 6.54 Å². The molecule has 0 aliphatic heterocycles. The Morgan fingerprint density at radius 1 is 1.67 bits per heavy atom. The average molecular weight is 309 g/mol. The molecule has 1 aromatic heterocycles. The Morgan fingerprint density at radius 3 is 2.94 bits per heavy atom. The molecule has 0 bridgehead atoms. The molecule has 94 valence electrons. The number of terminal acetylenes is 1. The first kappa shape index (κ1) is 12.9. The Balaban J connectivity index is 2.32. The number of anilines is 1. The Labute approximate surface area is 114 Å². The van der Waals surface area contributed by atoms with Gasteiger partial charge in [-0.05, 0) is 40.8 Å². The maximum absolute atomic E-state index is 11.2. The van der Waals surface area contributed by atoms with Gasteiger partial charge in [-0.25, -0.2) is 9.78 Å². The van der Waals surface area contributed by atoms with Crippen molar-refractivity contribution in [2.45, 2.75) is 12.8 Å². The predicted molar refractivity (Wildman–Crippen MR) is 72.7 cm³/mol. The average Bonchev–Trinajstić information content (AvgIpc) is 3.12. The van der Waals surface area contributed by atoms with Gasteiger partial charge in [-0.15, -0.1) is 6.42 Å². The number of carboxylic acid groups (broad SMARTS) is 1. The minimum Gasteiger partial charge on any atom is -0.478 e. The monoisotopic (exact) mass is 308 g/mol. The van der Waals surface area contributed by atoms with Crippen molar-refractivity contribution in [2.75, 3.05) is 18.0 Å². The highest BCUT2D eigenvalue weighted by atomic mass is 79.9. The van der Waals surface area contributed by atoms with Crippen LogP contribution >= 0.6 is 15.9 Å². The number of aromatic nitrogens is 1. The smallest absolute Gasteiger partial charge is 0.339 e. The van der Waals surface area contributed by atoms with E-state index in [1.54, 1.807) is 12.3 Å². The largest absolute Gasteiger partial charge is 0.478 e. The van der Waals surface area contributed by atoms with E-state index in [0.717, 1.165) is 6.54 Å². The molecule has 1 heterocycles. The summed E-state index contributed by atoms with van der Waals surface area (Å²) in [4.78, 5) is 17.3. The molecule has 0 spiro atoms.